The van der Waals surface area contributed by atoms with Crippen LogP contribution in [0.15, 0.2) is 18.2 Å². The Morgan fingerprint density at radius 3 is 2.88 bits per heavy atom. The van der Waals surface area contributed by atoms with Crippen molar-refractivity contribution in [3.63, 3.8) is 0 Å². The van der Waals surface area contributed by atoms with Gasteiger partial charge in [0.1, 0.15) is 0 Å². The SMILES string of the molecule is C[Si](C)(C)CCOCC1CC2(CCO1)C(=O)Nc1cc(C(=O)O)ccc12. The Morgan fingerprint density at radius 2 is 2.19 bits per heavy atom. The summed E-state index contributed by atoms with van der Waals surface area (Å²) in [5.41, 5.74) is 1.02. The van der Waals surface area contributed by atoms with Crippen LogP contribution >= 0.6 is 0 Å². The number of ether oxygens (including phenoxy) is 2. The van der Waals surface area contributed by atoms with Crippen molar-refractivity contribution in [3.8, 4) is 0 Å². The molecule has 1 saturated heterocycles. The normalized spacial score (nSPS) is 25.2. The summed E-state index contributed by atoms with van der Waals surface area (Å²) >= 11 is 0. The maximum absolute atomic E-state index is 12.7. The highest BCUT2D eigenvalue weighted by Crippen LogP contribution is 2.46. The molecule has 6 nitrogen and oxygen atoms in total. The van der Waals surface area contributed by atoms with Gasteiger partial charge >= 0.3 is 5.97 Å². The standard InChI is InChI=1S/C19H27NO5Si/c1-26(2,3)9-8-24-12-14-11-19(6-7-25-14)15-5-4-13(17(21)22)10-16(15)20-18(19)23/h4-5,10,14H,6-9,11-12H2,1-3H3,(H,20,23)(H,21,22). The van der Waals surface area contributed by atoms with E-state index in [2.05, 4.69) is 25.0 Å². The van der Waals surface area contributed by atoms with Crippen LogP contribution < -0.4 is 5.32 Å². The molecule has 2 heterocycles. The molecule has 0 aromatic heterocycles. The second-order valence-corrected chi connectivity index (χ2v) is 14.1. The molecule has 1 aromatic rings. The second kappa shape index (κ2) is 7.13. The zero-order valence-corrected chi connectivity index (χ0v) is 16.6. The summed E-state index contributed by atoms with van der Waals surface area (Å²) in [6, 6.07) is 5.98. The van der Waals surface area contributed by atoms with E-state index in [0.717, 1.165) is 18.2 Å². The number of fused-ring (bicyclic) bond motifs is 2. The molecule has 1 spiro atoms. The molecule has 2 N–H and O–H groups in total. The van der Waals surface area contributed by atoms with Gasteiger partial charge < -0.3 is 19.9 Å². The van der Waals surface area contributed by atoms with Crippen LogP contribution in [-0.4, -0.2) is 51.0 Å². The maximum Gasteiger partial charge on any atom is 0.335 e. The highest BCUT2D eigenvalue weighted by atomic mass is 28.3. The molecule has 3 rings (SSSR count). The Kier molecular flexibility index (Phi) is 5.23. The highest BCUT2D eigenvalue weighted by molar-refractivity contribution is 6.76. The highest BCUT2D eigenvalue weighted by Gasteiger charge is 2.50. The molecule has 0 aliphatic carbocycles. The average molecular weight is 378 g/mol. The topological polar surface area (TPSA) is 84.9 Å². The molecule has 2 aliphatic rings. The van der Waals surface area contributed by atoms with Gasteiger partial charge in [0.2, 0.25) is 5.91 Å². The Balaban J connectivity index is 1.70. The van der Waals surface area contributed by atoms with Crippen LogP contribution in [0, 0.1) is 0 Å². The van der Waals surface area contributed by atoms with Gasteiger partial charge in [0.05, 0.1) is 23.7 Å². The number of carboxylic acid groups (broad SMARTS) is 1. The van der Waals surface area contributed by atoms with Gasteiger partial charge in [-0.2, -0.15) is 0 Å². The third-order valence-corrected chi connectivity index (χ3v) is 6.93. The van der Waals surface area contributed by atoms with E-state index in [1.54, 1.807) is 18.2 Å². The van der Waals surface area contributed by atoms with E-state index in [0.29, 0.717) is 31.7 Å². The summed E-state index contributed by atoms with van der Waals surface area (Å²) in [7, 11) is -1.13. The first-order valence-corrected chi connectivity index (χ1v) is 12.8. The lowest BCUT2D eigenvalue weighted by molar-refractivity contribution is -0.129. The summed E-state index contributed by atoms with van der Waals surface area (Å²) < 4.78 is 11.7. The molecule has 1 amide bonds. The van der Waals surface area contributed by atoms with Gasteiger partial charge in [-0.25, -0.2) is 4.79 Å². The molecule has 0 bridgehead atoms. The Bertz CT molecular complexity index is 714. The summed E-state index contributed by atoms with van der Waals surface area (Å²) in [4.78, 5) is 23.9. The van der Waals surface area contributed by atoms with Crippen LogP contribution in [-0.2, 0) is 19.7 Å². The van der Waals surface area contributed by atoms with Crippen molar-refractivity contribution in [1.29, 1.82) is 0 Å². The summed E-state index contributed by atoms with van der Waals surface area (Å²) in [5.74, 6) is -1.06. The van der Waals surface area contributed by atoms with E-state index in [4.69, 9.17) is 14.6 Å². The molecular weight excluding hydrogens is 350 g/mol. The van der Waals surface area contributed by atoms with E-state index in [-0.39, 0.29) is 17.6 Å². The minimum absolute atomic E-state index is 0.0644. The van der Waals surface area contributed by atoms with Crippen LogP contribution in [0.5, 0.6) is 0 Å². The fourth-order valence-electron chi connectivity index (χ4n) is 3.66. The van der Waals surface area contributed by atoms with E-state index in [9.17, 15) is 9.59 Å². The van der Waals surface area contributed by atoms with Gasteiger partial charge in [-0.1, -0.05) is 25.7 Å². The van der Waals surface area contributed by atoms with Crippen molar-refractivity contribution in [2.24, 2.45) is 0 Å². The number of carbonyl (C=O) groups excluding carboxylic acids is 1. The molecule has 26 heavy (non-hydrogen) atoms. The first-order chi connectivity index (χ1) is 12.2. The second-order valence-electron chi connectivity index (χ2n) is 8.43. The van der Waals surface area contributed by atoms with Gasteiger partial charge in [0.15, 0.2) is 0 Å². The number of anilines is 1. The number of aromatic carboxylic acids is 1. The fourth-order valence-corrected chi connectivity index (χ4v) is 4.42. The number of carbonyl (C=O) groups is 2. The van der Waals surface area contributed by atoms with Crippen molar-refractivity contribution in [1.82, 2.24) is 0 Å². The number of hydrogen-bond acceptors (Lipinski definition) is 4. The van der Waals surface area contributed by atoms with Crippen molar-refractivity contribution >= 4 is 25.6 Å². The Hall–Kier alpha value is -1.70. The summed E-state index contributed by atoms with van der Waals surface area (Å²) in [5, 5.41) is 12.0. The van der Waals surface area contributed by atoms with E-state index in [1.807, 2.05) is 0 Å². The molecule has 2 atom stereocenters. The zero-order chi connectivity index (χ0) is 18.9. The zero-order valence-electron chi connectivity index (χ0n) is 15.6. The lowest BCUT2D eigenvalue weighted by Gasteiger charge is -2.36. The molecule has 1 fully saturated rings. The van der Waals surface area contributed by atoms with Gasteiger partial charge in [-0.3, -0.25) is 4.79 Å². The van der Waals surface area contributed by atoms with Crippen LogP contribution in [0.3, 0.4) is 0 Å². The molecule has 2 aliphatic heterocycles. The number of carboxylic acids is 1. The lowest BCUT2D eigenvalue weighted by atomic mass is 9.73. The van der Waals surface area contributed by atoms with E-state index < -0.39 is 19.5 Å². The molecule has 2 unspecified atom stereocenters. The molecule has 1 aromatic carbocycles. The van der Waals surface area contributed by atoms with Crippen LogP contribution in [0.2, 0.25) is 25.7 Å². The van der Waals surface area contributed by atoms with Crippen molar-refractivity contribution in [2.45, 2.75) is 50.0 Å². The molecule has 0 saturated carbocycles. The third-order valence-electron chi connectivity index (χ3n) is 5.22. The van der Waals surface area contributed by atoms with Crippen LogP contribution in [0.25, 0.3) is 0 Å². The summed E-state index contributed by atoms with van der Waals surface area (Å²) in [6.45, 7) is 8.65. The van der Waals surface area contributed by atoms with Crippen LogP contribution in [0.4, 0.5) is 5.69 Å². The van der Waals surface area contributed by atoms with Gasteiger partial charge in [-0.05, 0) is 36.6 Å². The maximum atomic E-state index is 12.7. The minimum atomic E-state index is -1.13. The predicted molar refractivity (Wildman–Crippen MR) is 102 cm³/mol. The van der Waals surface area contributed by atoms with Crippen LogP contribution in [0.1, 0.15) is 28.8 Å². The monoisotopic (exact) mass is 377 g/mol. The first kappa shape index (κ1) is 19.1. The number of hydrogen-bond donors (Lipinski definition) is 2. The number of benzene rings is 1. The lowest BCUT2D eigenvalue weighted by Crippen LogP contribution is -2.45. The smallest absolute Gasteiger partial charge is 0.335 e. The average Bonchev–Trinajstić information content (AvgIpc) is 2.82. The Morgan fingerprint density at radius 1 is 1.42 bits per heavy atom. The van der Waals surface area contributed by atoms with Crippen molar-refractivity contribution < 1.29 is 24.2 Å². The quantitative estimate of drug-likeness (QED) is 0.588. The Labute approximate surface area is 154 Å². The van der Waals surface area contributed by atoms with Crippen molar-refractivity contribution in [3.05, 3.63) is 29.3 Å². The fraction of sp³-hybridized carbons (Fsp3) is 0.579. The third kappa shape index (κ3) is 3.84. The van der Waals surface area contributed by atoms with E-state index >= 15 is 0 Å². The summed E-state index contributed by atoms with van der Waals surface area (Å²) in [6.07, 6.45) is 1.04. The molecule has 142 valence electrons. The van der Waals surface area contributed by atoms with E-state index in [1.165, 1.54) is 0 Å². The van der Waals surface area contributed by atoms with Gasteiger partial charge in [0, 0.05) is 27.0 Å². The molecular formula is C19H27NO5Si. The number of amides is 1. The predicted octanol–water partition coefficient (Wildman–Crippen LogP) is 3.11. The first-order valence-electron chi connectivity index (χ1n) is 9.10. The number of rotatable bonds is 6. The molecule has 7 heteroatoms. The van der Waals surface area contributed by atoms with Gasteiger partial charge in [-0.15, -0.1) is 0 Å². The van der Waals surface area contributed by atoms with Crippen molar-refractivity contribution in [2.75, 3.05) is 25.1 Å². The molecule has 0 radical (unpaired) electrons. The largest absolute Gasteiger partial charge is 0.478 e. The minimum Gasteiger partial charge on any atom is -0.478 e. The van der Waals surface area contributed by atoms with Gasteiger partial charge in [0.25, 0.3) is 0 Å². The number of nitrogens with one attached hydrogen (secondary N) is 1.